The molecule has 2 fully saturated rings. The first kappa shape index (κ1) is 38.4. The van der Waals surface area contributed by atoms with Crippen molar-refractivity contribution in [3.05, 3.63) is 94.1 Å². The number of benzene rings is 2. The van der Waals surface area contributed by atoms with Gasteiger partial charge in [0.15, 0.2) is 11.5 Å². The second kappa shape index (κ2) is 13.3. The van der Waals surface area contributed by atoms with E-state index in [2.05, 4.69) is 32.1 Å². The molecule has 3 heterocycles. The Morgan fingerprint density at radius 3 is 2.44 bits per heavy atom. The van der Waals surface area contributed by atoms with Crippen LogP contribution in [0, 0.1) is 29.4 Å². The predicted molar refractivity (Wildman–Crippen MR) is 191 cm³/mol. The van der Waals surface area contributed by atoms with Gasteiger partial charge < -0.3 is 10.4 Å². The summed E-state index contributed by atoms with van der Waals surface area (Å²) in [5.41, 5.74) is -3.12. The minimum absolute atomic E-state index is 0.00194. The molecule has 1 unspecified atom stereocenters. The molecule has 57 heavy (non-hydrogen) atoms. The highest BCUT2D eigenvalue weighted by Crippen LogP contribution is 2.68. The average Bonchev–Trinajstić information content (AvgIpc) is 3.64. The number of aliphatic hydroxyl groups is 1. The van der Waals surface area contributed by atoms with E-state index in [1.165, 1.54) is 10.7 Å². The zero-order chi connectivity index (χ0) is 40.8. The number of pyridine rings is 1. The Hall–Kier alpha value is -5.48. The van der Waals surface area contributed by atoms with Gasteiger partial charge in [0.05, 0.1) is 23.5 Å². The highest BCUT2D eigenvalue weighted by Gasteiger charge is 2.68. The second-order valence-corrected chi connectivity index (χ2v) is 16.5. The standard InChI is InChI=1S/C38H32F7N7O4S/c1-51-32-24(5-3-6-25(32)35(49-51)50-57(2,55)56)23-8-7-22(9-12-36(54)10-4-11-36)46-31(23)28(15-19-13-20(39)16-21(40)14-19)47-29(53)18-52-34-30(33(48-52)38(43,44)45)26-17-27(26)37(34,41)42/h3,5-8,13-14,16,26-28,54H,4,10-11,15,17-18H2,1-2H3,(H,47,53)(H,49,50)/t26-,27+,28?/m0/s1. The lowest BCUT2D eigenvalue weighted by atomic mass is 9.81. The lowest BCUT2D eigenvalue weighted by Gasteiger charge is -2.30. The molecule has 5 aromatic rings. The molecule has 1 amide bonds. The first-order chi connectivity index (χ1) is 26.7. The third-order valence-corrected chi connectivity index (χ3v) is 11.1. The summed E-state index contributed by atoms with van der Waals surface area (Å²) in [6.45, 7) is -1.07. The van der Waals surface area contributed by atoms with Crippen molar-refractivity contribution in [1.29, 1.82) is 0 Å². The lowest BCUT2D eigenvalue weighted by Crippen LogP contribution is -2.35. The van der Waals surface area contributed by atoms with Crippen molar-refractivity contribution in [2.75, 3.05) is 11.0 Å². The molecular weight excluding hydrogens is 784 g/mol. The predicted octanol–water partition coefficient (Wildman–Crippen LogP) is 6.08. The van der Waals surface area contributed by atoms with Crippen molar-refractivity contribution >= 4 is 32.7 Å². The van der Waals surface area contributed by atoms with E-state index in [1.807, 2.05) is 0 Å². The first-order valence-electron chi connectivity index (χ1n) is 17.7. The van der Waals surface area contributed by atoms with Crippen LogP contribution in [-0.4, -0.2) is 55.8 Å². The molecule has 0 bridgehead atoms. The summed E-state index contributed by atoms with van der Waals surface area (Å²) in [5, 5.41) is 21.5. The number of sulfonamides is 1. The maximum Gasteiger partial charge on any atom is 0.435 e. The fourth-order valence-electron chi connectivity index (χ4n) is 7.81. The van der Waals surface area contributed by atoms with Crippen LogP contribution in [0.25, 0.3) is 22.0 Å². The van der Waals surface area contributed by atoms with Crippen molar-refractivity contribution in [2.24, 2.45) is 13.0 Å². The van der Waals surface area contributed by atoms with Gasteiger partial charge in [-0.3, -0.25) is 18.9 Å². The van der Waals surface area contributed by atoms with E-state index in [-0.39, 0.29) is 41.2 Å². The number of nitrogens with one attached hydrogen (secondary N) is 2. The average molecular weight is 816 g/mol. The van der Waals surface area contributed by atoms with Crippen LogP contribution in [0.4, 0.5) is 36.6 Å². The summed E-state index contributed by atoms with van der Waals surface area (Å²) in [4.78, 5) is 18.6. The number of hydrogen-bond acceptors (Lipinski definition) is 7. The molecule has 0 saturated heterocycles. The molecule has 8 rings (SSSR count). The quantitative estimate of drug-likeness (QED) is 0.121. The van der Waals surface area contributed by atoms with Gasteiger partial charge >= 0.3 is 6.18 Å². The highest BCUT2D eigenvalue weighted by atomic mass is 32.2. The Labute approximate surface area is 320 Å². The van der Waals surface area contributed by atoms with Crippen molar-refractivity contribution < 1.29 is 49.1 Å². The third-order valence-electron chi connectivity index (χ3n) is 10.5. The van der Waals surface area contributed by atoms with Gasteiger partial charge in [0.1, 0.15) is 35.2 Å². The molecule has 11 nitrogen and oxygen atoms in total. The molecule has 3 aliphatic carbocycles. The normalized spacial score (nSPS) is 19.5. The van der Waals surface area contributed by atoms with Crippen molar-refractivity contribution in [3.63, 3.8) is 0 Å². The number of aromatic nitrogens is 5. The van der Waals surface area contributed by atoms with E-state index in [4.69, 9.17) is 4.98 Å². The van der Waals surface area contributed by atoms with E-state index in [0.29, 0.717) is 40.1 Å². The molecular formula is C38H32F7N7O4S. The van der Waals surface area contributed by atoms with Gasteiger partial charge in [-0.2, -0.15) is 32.1 Å². The van der Waals surface area contributed by atoms with Gasteiger partial charge in [-0.1, -0.05) is 18.1 Å². The number of rotatable bonds is 9. The summed E-state index contributed by atoms with van der Waals surface area (Å²) in [6.07, 6.45) is -3.03. The van der Waals surface area contributed by atoms with Crippen molar-refractivity contribution in [3.8, 4) is 23.0 Å². The van der Waals surface area contributed by atoms with E-state index >= 15 is 8.78 Å². The monoisotopic (exact) mass is 815 g/mol. The number of hydrogen-bond donors (Lipinski definition) is 3. The topological polar surface area (TPSA) is 144 Å². The molecule has 3 N–H and O–H groups in total. The molecule has 0 radical (unpaired) electrons. The van der Waals surface area contributed by atoms with Gasteiger partial charge in [-0.15, -0.1) is 0 Å². The van der Waals surface area contributed by atoms with Gasteiger partial charge in [-0.25, -0.2) is 22.2 Å². The third kappa shape index (κ3) is 7.20. The summed E-state index contributed by atoms with van der Waals surface area (Å²) in [6, 6.07) is 9.27. The molecule has 2 aromatic carbocycles. The van der Waals surface area contributed by atoms with Crippen LogP contribution in [0.15, 0.2) is 48.5 Å². The molecule has 2 saturated carbocycles. The molecule has 0 aliphatic heterocycles. The van der Waals surface area contributed by atoms with Crippen LogP contribution >= 0.6 is 0 Å². The lowest BCUT2D eigenvalue weighted by molar-refractivity contribution is -0.142. The van der Waals surface area contributed by atoms with Crippen LogP contribution in [0.1, 0.15) is 71.5 Å². The SMILES string of the molecule is Cn1nc(NS(C)(=O)=O)c2cccc(-c3ccc(C#CC4(O)CCC4)nc3C(Cc3cc(F)cc(F)c3)NC(=O)Cn3nc(C(F)(F)F)c4c3C(F)(F)[C@@H]3C[C@H]43)c21. The minimum Gasteiger partial charge on any atom is -0.378 e. The molecule has 0 spiro atoms. The van der Waals surface area contributed by atoms with E-state index < -0.39 is 86.6 Å². The maximum absolute atomic E-state index is 15.4. The Morgan fingerprint density at radius 1 is 1.07 bits per heavy atom. The summed E-state index contributed by atoms with van der Waals surface area (Å²) >= 11 is 0. The minimum atomic E-state index is -5.07. The molecule has 3 aromatic heterocycles. The number of anilines is 1. The largest absolute Gasteiger partial charge is 0.435 e. The Morgan fingerprint density at radius 2 is 1.79 bits per heavy atom. The van der Waals surface area contributed by atoms with Crippen LogP contribution in [0.3, 0.4) is 0 Å². The van der Waals surface area contributed by atoms with Crippen LogP contribution < -0.4 is 10.0 Å². The van der Waals surface area contributed by atoms with E-state index in [0.717, 1.165) is 24.8 Å². The summed E-state index contributed by atoms with van der Waals surface area (Å²) in [7, 11) is -2.22. The number of aryl methyl sites for hydroxylation is 1. The highest BCUT2D eigenvalue weighted by molar-refractivity contribution is 7.92. The number of carbonyl (C=O) groups excluding carboxylic acids is 1. The molecule has 3 atom stereocenters. The van der Waals surface area contributed by atoms with E-state index in [9.17, 15) is 40.3 Å². The zero-order valence-electron chi connectivity index (χ0n) is 30.1. The second-order valence-electron chi connectivity index (χ2n) is 14.8. The number of alkyl halides is 5. The van der Waals surface area contributed by atoms with Crippen molar-refractivity contribution in [2.45, 2.75) is 68.3 Å². The summed E-state index contributed by atoms with van der Waals surface area (Å²) in [5.74, 6) is -3.40. The molecule has 298 valence electrons. The van der Waals surface area contributed by atoms with Gasteiger partial charge in [0, 0.05) is 41.1 Å². The maximum atomic E-state index is 15.4. The molecule has 19 heteroatoms. The first-order valence-corrected chi connectivity index (χ1v) is 19.6. The fourth-order valence-corrected chi connectivity index (χ4v) is 8.31. The number of halogens is 7. The fraction of sp³-hybridized carbons (Fsp3) is 0.368. The smallest absolute Gasteiger partial charge is 0.378 e. The van der Waals surface area contributed by atoms with Crippen LogP contribution in [0.2, 0.25) is 0 Å². The Kier molecular flexibility index (Phi) is 8.96. The van der Waals surface area contributed by atoms with Gasteiger partial charge in [-0.05, 0) is 79.8 Å². The number of nitrogens with zero attached hydrogens (tertiary/aromatic N) is 5. The number of fused-ring (bicyclic) bond motifs is 4. The van der Waals surface area contributed by atoms with Crippen LogP contribution in [-0.2, 0) is 46.9 Å². The number of para-hydroxylation sites is 1. The van der Waals surface area contributed by atoms with Gasteiger partial charge in [0.25, 0.3) is 5.92 Å². The van der Waals surface area contributed by atoms with E-state index in [1.54, 1.807) is 31.3 Å². The number of amides is 1. The number of carbonyl (C=O) groups is 1. The zero-order valence-corrected chi connectivity index (χ0v) is 30.9. The Bertz CT molecular complexity index is 2640. The van der Waals surface area contributed by atoms with Gasteiger partial charge in [0.2, 0.25) is 15.9 Å². The van der Waals surface area contributed by atoms with Crippen LogP contribution in [0.5, 0.6) is 0 Å². The molecule has 3 aliphatic rings. The van der Waals surface area contributed by atoms with Crippen molar-refractivity contribution in [1.82, 2.24) is 29.9 Å². The summed E-state index contributed by atoms with van der Waals surface area (Å²) < 4.78 is 130. The Balaban J connectivity index is 1.26.